The molecule has 0 radical (unpaired) electrons. The standard InChI is InChI=1S/C15H13N/c1-2-7-13-12(5-1)15-11-6-3-4-10(11)8-9-14(15)16-13/h1-2,5,7-10H,3-4,6H2. The molecule has 16 heavy (non-hydrogen) atoms. The lowest BCUT2D eigenvalue weighted by Crippen LogP contribution is -2.07. The highest BCUT2D eigenvalue weighted by molar-refractivity contribution is 6.35. The van der Waals surface area contributed by atoms with Gasteiger partial charge < -0.3 is 0 Å². The van der Waals surface area contributed by atoms with Gasteiger partial charge in [-0.3, -0.25) is 0 Å². The lowest BCUT2D eigenvalue weighted by atomic mass is 9.86. The van der Waals surface area contributed by atoms with Gasteiger partial charge in [-0.15, -0.1) is 0 Å². The monoisotopic (exact) mass is 207 g/mol. The Hall–Kier alpha value is -1.63. The fraction of sp³-hybridized carbons (Fsp3) is 0.267. The molecule has 1 unspecified atom stereocenters. The van der Waals surface area contributed by atoms with Crippen LogP contribution in [-0.4, -0.2) is 5.71 Å². The van der Waals surface area contributed by atoms with Crippen LogP contribution in [0.5, 0.6) is 0 Å². The largest absolute Gasteiger partial charge is 0.248 e. The van der Waals surface area contributed by atoms with E-state index in [1.54, 1.807) is 5.57 Å². The average molecular weight is 207 g/mol. The summed E-state index contributed by atoms with van der Waals surface area (Å²) in [6, 6.07) is 8.52. The van der Waals surface area contributed by atoms with Crippen molar-refractivity contribution in [3.8, 4) is 0 Å². The molecule has 1 nitrogen and oxygen atoms in total. The normalized spacial score (nSPS) is 25.2. The maximum absolute atomic E-state index is 4.71. The lowest BCUT2D eigenvalue weighted by molar-refractivity contribution is 0.765. The van der Waals surface area contributed by atoms with Crippen molar-refractivity contribution >= 4 is 17.0 Å². The van der Waals surface area contributed by atoms with Gasteiger partial charge in [-0.2, -0.15) is 0 Å². The summed E-state index contributed by atoms with van der Waals surface area (Å²) in [5.41, 5.74) is 6.77. The third kappa shape index (κ3) is 0.981. The Balaban J connectivity index is 2.01. The van der Waals surface area contributed by atoms with Gasteiger partial charge in [0.15, 0.2) is 0 Å². The Morgan fingerprint density at radius 3 is 3.12 bits per heavy atom. The van der Waals surface area contributed by atoms with Crippen molar-refractivity contribution in [2.24, 2.45) is 10.9 Å². The molecule has 1 heteroatoms. The van der Waals surface area contributed by atoms with Gasteiger partial charge >= 0.3 is 0 Å². The van der Waals surface area contributed by atoms with Gasteiger partial charge in [0.1, 0.15) is 0 Å². The highest BCUT2D eigenvalue weighted by Gasteiger charge is 2.31. The first-order valence-electron chi connectivity index (χ1n) is 6.03. The molecule has 0 saturated heterocycles. The smallest absolute Gasteiger partial charge is 0.0716 e. The second-order valence-corrected chi connectivity index (χ2v) is 4.77. The van der Waals surface area contributed by atoms with Crippen molar-refractivity contribution in [1.29, 1.82) is 0 Å². The summed E-state index contributed by atoms with van der Waals surface area (Å²) in [6.45, 7) is 0. The van der Waals surface area contributed by atoms with Gasteiger partial charge in [0.25, 0.3) is 0 Å². The summed E-state index contributed by atoms with van der Waals surface area (Å²) >= 11 is 0. The van der Waals surface area contributed by atoms with E-state index >= 15 is 0 Å². The second-order valence-electron chi connectivity index (χ2n) is 4.77. The molecular weight excluding hydrogens is 194 g/mol. The van der Waals surface area contributed by atoms with E-state index in [2.05, 4.69) is 36.4 Å². The van der Waals surface area contributed by atoms with Crippen LogP contribution in [0.25, 0.3) is 5.57 Å². The molecule has 0 amide bonds. The molecule has 0 aromatic heterocycles. The fourth-order valence-electron chi connectivity index (χ4n) is 3.17. The van der Waals surface area contributed by atoms with Gasteiger partial charge in [0, 0.05) is 11.1 Å². The molecule has 1 heterocycles. The number of fused-ring (bicyclic) bond motifs is 4. The molecule has 1 saturated carbocycles. The van der Waals surface area contributed by atoms with E-state index in [9.17, 15) is 0 Å². The van der Waals surface area contributed by atoms with E-state index < -0.39 is 0 Å². The predicted molar refractivity (Wildman–Crippen MR) is 66.9 cm³/mol. The summed E-state index contributed by atoms with van der Waals surface area (Å²) in [6.07, 6.45) is 8.48. The molecule has 1 aromatic carbocycles. The number of rotatable bonds is 0. The van der Waals surface area contributed by atoms with Crippen molar-refractivity contribution in [2.75, 3.05) is 0 Å². The number of nitrogens with zero attached hydrogens (tertiary/aromatic N) is 1. The van der Waals surface area contributed by atoms with E-state index in [4.69, 9.17) is 4.99 Å². The van der Waals surface area contributed by atoms with E-state index in [0.717, 1.165) is 5.69 Å². The Morgan fingerprint density at radius 2 is 2.12 bits per heavy atom. The minimum Gasteiger partial charge on any atom is -0.248 e. The van der Waals surface area contributed by atoms with E-state index in [-0.39, 0.29) is 0 Å². The zero-order chi connectivity index (χ0) is 10.5. The Morgan fingerprint density at radius 1 is 1.19 bits per heavy atom. The summed E-state index contributed by atoms with van der Waals surface area (Å²) in [4.78, 5) is 4.71. The second kappa shape index (κ2) is 2.94. The van der Waals surface area contributed by atoms with Crippen molar-refractivity contribution in [1.82, 2.24) is 0 Å². The van der Waals surface area contributed by atoms with E-state index in [1.165, 1.54) is 36.1 Å². The molecule has 0 spiro atoms. The van der Waals surface area contributed by atoms with Crippen molar-refractivity contribution in [2.45, 2.75) is 19.3 Å². The fourth-order valence-corrected chi connectivity index (χ4v) is 3.17. The summed E-state index contributed by atoms with van der Waals surface area (Å²) in [5.74, 6) is 0.695. The third-order valence-corrected chi connectivity index (χ3v) is 3.89. The van der Waals surface area contributed by atoms with E-state index in [0.29, 0.717) is 5.92 Å². The molecule has 78 valence electrons. The summed E-state index contributed by atoms with van der Waals surface area (Å²) in [7, 11) is 0. The molecule has 1 fully saturated rings. The van der Waals surface area contributed by atoms with Crippen LogP contribution in [0.1, 0.15) is 24.8 Å². The SMILES string of the molecule is C1=CC2CCCC2=C2C1=Nc1ccccc12. The highest BCUT2D eigenvalue weighted by Crippen LogP contribution is 2.46. The Kier molecular flexibility index (Phi) is 1.57. The summed E-state index contributed by atoms with van der Waals surface area (Å²) < 4.78 is 0. The van der Waals surface area contributed by atoms with Crippen LogP contribution in [0.2, 0.25) is 0 Å². The number of allylic oxidation sites excluding steroid dienone is 4. The van der Waals surface area contributed by atoms with Crippen LogP contribution in [-0.2, 0) is 0 Å². The molecule has 2 aliphatic carbocycles. The molecule has 1 aliphatic heterocycles. The zero-order valence-electron chi connectivity index (χ0n) is 9.11. The van der Waals surface area contributed by atoms with Crippen molar-refractivity contribution < 1.29 is 0 Å². The average Bonchev–Trinajstić information content (AvgIpc) is 2.91. The number of para-hydroxylation sites is 1. The van der Waals surface area contributed by atoms with Gasteiger partial charge in [0.2, 0.25) is 0 Å². The Labute approximate surface area is 95.2 Å². The minimum atomic E-state index is 0.695. The Bertz CT molecular complexity index is 561. The van der Waals surface area contributed by atoms with Crippen LogP contribution in [0.4, 0.5) is 5.69 Å². The maximum Gasteiger partial charge on any atom is 0.0716 e. The van der Waals surface area contributed by atoms with Crippen molar-refractivity contribution in [3.63, 3.8) is 0 Å². The first-order valence-corrected chi connectivity index (χ1v) is 6.03. The number of hydrogen-bond donors (Lipinski definition) is 0. The van der Waals surface area contributed by atoms with Crippen LogP contribution >= 0.6 is 0 Å². The van der Waals surface area contributed by atoms with Crippen LogP contribution < -0.4 is 0 Å². The third-order valence-electron chi connectivity index (χ3n) is 3.89. The topological polar surface area (TPSA) is 12.4 Å². The summed E-state index contributed by atoms with van der Waals surface area (Å²) in [5, 5.41) is 0. The molecule has 4 rings (SSSR count). The van der Waals surface area contributed by atoms with Gasteiger partial charge in [-0.05, 0) is 37.3 Å². The zero-order valence-corrected chi connectivity index (χ0v) is 9.11. The molecule has 0 bridgehead atoms. The van der Waals surface area contributed by atoms with Gasteiger partial charge in [-0.25, -0.2) is 4.99 Å². The van der Waals surface area contributed by atoms with Gasteiger partial charge in [-0.1, -0.05) is 29.8 Å². The van der Waals surface area contributed by atoms with Crippen LogP contribution in [0.3, 0.4) is 0 Å². The van der Waals surface area contributed by atoms with Crippen molar-refractivity contribution in [3.05, 3.63) is 47.6 Å². The first-order chi connectivity index (χ1) is 7.93. The maximum atomic E-state index is 4.71. The molecule has 3 aliphatic rings. The predicted octanol–water partition coefficient (Wildman–Crippen LogP) is 3.90. The number of benzene rings is 1. The quantitative estimate of drug-likeness (QED) is 0.612. The molecule has 1 aromatic rings. The van der Waals surface area contributed by atoms with E-state index in [1.807, 2.05) is 0 Å². The molecule has 0 N–H and O–H groups in total. The minimum absolute atomic E-state index is 0.695. The number of aliphatic imine (C=N–C) groups is 1. The van der Waals surface area contributed by atoms with Gasteiger partial charge in [0.05, 0.1) is 11.4 Å². The molecular formula is C15H13N. The van der Waals surface area contributed by atoms with Crippen LogP contribution in [0, 0.1) is 5.92 Å². The highest BCUT2D eigenvalue weighted by atomic mass is 14.8. The molecule has 1 atom stereocenters. The number of hydrogen-bond acceptors (Lipinski definition) is 1. The lowest BCUT2D eigenvalue weighted by Gasteiger charge is -2.16. The first kappa shape index (κ1) is 8.51. The van der Waals surface area contributed by atoms with Crippen LogP contribution in [0.15, 0.2) is 47.0 Å².